The van der Waals surface area contributed by atoms with Crippen LogP contribution in [-0.4, -0.2) is 21.7 Å². The summed E-state index contributed by atoms with van der Waals surface area (Å²) in [4.78, 5) is 15.5. The summed E-state index contributed by atoms with van der Waals surface area (Å²) in [5.74, 6) is -0.000972. The molecule has 1 atom stereocenters. The molecule has 4 nitrogen and oxygen atoms in total. The molecule has 3 N–H and O–H groups in total. The van der Waals surface area contributed by atoms with Crippen LogP contribution >= 0.6 is 0 Å². The van der Waals surface area contributed by atoms with Gasteiger partial charge < -0.3 is 15.1 Å². The first-order chi connectivity index (χ1) is 4.74. The summed E-state index contributed by atoms with van der Waals surface area (Å²) < 4.78 is 0. The third-order valence-corrected chi connectivity index (χ3v) is 1.42. The average Bonchev–Trinajstić information content (AvgIpc) is 2.34. The molecular formula is C6H10N2O2. The minimum absolute atomic E-state index is 0.000972. The zero-order valence-corrected chi connectivity index (χ0v) is 5.72. The summed E-state index contributed by atoms with van der Waals surface area (Å²) in [6.45, 7) is 1.88. The van der Waals surface area contributed by atoms with Gasteiger partial charge in [0.1, 0.15) is 0 Å². The summed E-state index contributed by atoms with van der Waals surface area (Å²) in [5, 5.41) is 8.66. The lowest BCUT2D eigenvalue weighted by molar-refractivity contribution is 0.271. The summed E-state index contributed by atoms with van der Waals surface area (Å²) in [5.41, 5.74) is 0.516. The second-order valence-electron chi connectivity index (χ2n) is 2.28. The lowest BCUT2D eigenvalue weighted by Crippen LogP contribution is -2.04. The monoisotopic (exact) mass is 142 g/mol. The van der Waals surface area contributed by atoms with Crippen LogP contribution < -0.4 is 5.69 Å². The van der Waals surface area contributed by atoms with Gasteiger partial charge in [-0.1, -0.05) is 6.92 Å². The maximum atomic E-state index is 10.5. The fourth-order valence-electron chi connectivity index (χ4n) is 0.710. The molecule has 0 fully saturated rings. The molecule has 1 rings (SSSR count). The van der Waals surface area contributed by atoms with Crippen molar-refractivity contribution in [1.29, 1.82) is 0 Å². The molecule has 0 aromatic carbocycles. The van der Waals surface area contributed by atoms with Crippen LogP contribution in [0.2, 0.25) is 0 Å². The quantitative estimate of drug-likeness (QED) is 0.535. The largest absolute Gasteiger partial charge is 0.396 e. The first-order valence-electron chi connectivity index (χ1n) is 3.12. The van der Waals surface area contributed by atoms with E-state index in [2.05, 4.69) is 9.97 Å². The van der Waals surface area contributed by atoms with Crippen molar-refractivity contribution in [2.75, 3.05) is 6.61 Å². The molecular weight excluding hydrogens is 132 g/mol. The van der Waals surface area contributed by atoms with E-state index in [0.29, 0.717) is 0 Å². The molecule has 10 heavy (non-hydrogen) atoms. The Morgan fingerprint density at radius 2 is 2.50 bits per heavy atom. The number of rotatable bonds is 2. The van der Waals surface area contributed by atoms with Crippen LogP contribution in [0.15, 0.2) is 11.0 Å². The number of imidazole rings is 1. The second kappa shape index (κ2) is 2.70. The van der Waals surface area contributed by atoms with Gasteiger partial charge in [0.2, 0.25) is 0 Å². The van der Waals surface area contributed by atoms with Crippen LogP contribution in [0.3, 0.4) is 0 Å². The van der Waals surface area contributed by atoms with Crippen LogP contribution in [0.25, 0.3) is 0 Å². The SMILES string of the molecule is CC(CO)c1c[nH]c(=O)[nH]1. The van der Waals surface area contributed by atoms with Crippen molar-refractivity contribution in [3.8, 4) is 0 Å². The highest BCUT2D eigenvalue weighted by Crippen LogP contribution is 2.06. The highest BCUT2D eigenvalue weighted by molar-refractivity contribution is 5.01. The van der Waals surface area contributed by atoms with Crippen LogP contribution in [0.4, 0.5) is 0 Å². The molecule has 0 aliphatic rings. The Balaban J connectivity index is 2.84. The van der Waals surface area contributed by atoms with Crippen LogP contribution in [-0.2, 0) is 0 Å². The van der Waals surface area contributed by atoms with Crippen molar-refractivity contribution in [2.45, 2.75) is 12.8 Å². The van der Waals surface area contributed by atoms with Crippen LogP contribution in [0, 0.1) is 0 Å². The molecule has 56 valence electrons. The highest BCUT2D eigenvalue weighted by Gasteiger charge is 2.04. The molecule has 0 radical (unpaired) electrons. The molecule has 4 heteroatoms. The van der Waals surface area contributed by atoms with Gasteiger partial charge in [0, 0.05) is 17.8 Å². The third-order valence-electron chi connectivity index (χ3n) is 1.42. The molecule has 0 saturated carbocycles. The van der Waals surface area contributed by atoms with Gasteiger partial charge in [-0.25, -0.2) is 4.79 Å². The lowest BCUT2D eigenvalue weighted by atomic mass is 10.1. The molecule has 0 aliphatic heterocycles. The summed E-state index contributed by atoms with van der Waals surface area (Å²) in [6, 6.07) is 0. The zero-order valence-electron chi connectivity index (χ0n) is 5.72. The van der Waals surface area contributed by atoms with E-state index in [1.807, 2.05) is 6.92 Å². The average molecular weight is 142 g/mol. The summed E-state index contributed by atoms with van der Waals surface area (Å²) in [7, 11) is 0. The molecule has 0 saturated heterocycles. The van der Waals surface area contributed by atoms with Crippen molar-refractivity contribution in [2.24, 2.45) is 0 Å². The van der Waals surface area contributed by atoms with Gasteiger partial charge in [-0.05, 0) is 0 Å². The van der Waals surface area contributed by atoms with Gasteiger partial charge in [0.05, 0.1) is 6.61 Å². The number of hydrogen-bond acceptors (Lipinski definition) is 2. The van der Waals surface area contributed by atoms with Gasteiger partial charge in [0.15, 0.2) is 0 Å². The Bertz CT molecular complexity index is 250. The van der Waals surface area contributed by atoms with E-state index in [1.165, 1.54) is 0 Å². The predicted octanol–water partition coefficient (Wildman–Crippen LogP) is -0.201. The van der Waals surface area contributed by atoms with E-state index >= 15 is 0 Å². The fraction of sp³-hybridized carbons (Fsp3) is 0.500. The van der Waals surface area contributed by atoms with E-state index in [4.69, 9.17) is 5.11 Å². The molecule has 0 aliphatic carbocycles. The number of aliphatic hydroxyl groups excluding tert-OH is 1. The number of aromatic amines is 2. The molecule has 1 aromatic heterocycles. The number of aromatic nitrogens is 2. The van der Waals surface area contributed by atoms with Gasteiger partial charge in [-0.3, -0.25) is 0 Å². The minimum Gasteiger partial charge on any atom is -0.396 e. The Hall–Kier alpha value is -1.03. The fourth-order valence-corrected chi connectivity index (χ4v) is 0.710. The van der Waals surface area contributed by atoms with Crippen molar-refractivity contribution in [1.82, 2.24) is 9.97 Å². The van der Waals surface area contributed by atoms with E-state index in [0.717, 1.165) is 5.69 Å². The van der Waals surface area contributed by atoms with E-state index in [1.54, 1.807) is 6.20 Å². The molecule has 0 spiro atoms. The molecule has 1 heterocycles. The molecule has 1 unspecified atom stereocenters. The molecule has 0 amide bonds. The number of hydrogen-bond donors (Lipinski definition) is 3. The first kappa shape index (κ1) is 7.08. The van der Waals surface area contributed by atoms with E-state index < -0.39 is 0 Å². The van der Waals surface area contributed by atoms with Gasteiger partial charge in [-0.15, -0.1) is 0 Å². The maximum Gasteiger partial charge on any atom is 0.323 e. The summed E-state index contributed by atoms with van der Waals surface area (Å²) >= 11 is 0. The van der Waals surface area contributed by atoms with E-state index in [-0.39, 0.29) is 18.2 Å². The predicted molar refractivity (Wildman–Crippen MR) is 36.9 cm³/mol. The highest BCUT2D eigenvalue weighted by atomic mass is 16.3. The first-order valence-corrected chi connectivity index (χ1v) is 3.12. The summed E-state index contributed by atoms with van der Waals surface area (Å²) in [6.07, 6.45) is 1.57. The minimum atomic E-state index is -0.227. The number of H-pyrrole nitrogens is 2. The molecule has 0 bridgehead atoms. The normalized spacial score (nSPS) is 13.4. The Labute approximate surface area is 57.9 Å². The van der Waals surface area contributed by atoms with Gasteiger partial charge >= 0.3 is 5.69 Å². The van der Waals surface area contributed by atoms with Crippen molar-refractivity contribution >= 4 is 0 Å². The maximum absolute atomic E-state index is 10.5. The van der Waals surface area contributed by atoms with Crippen molar-refractivity contribution < 1.29 is 5.11 Å². The van der Waals surface area contributed by atoms with Gasteiger partial charge in [-0.2, -0.15) is 0 Å². The number of aliphatic hydroxyl groups is 1. The topological polar surface area (TPSA) is 68.9 Å². The van der Waals surface area contributed by atoms with Gasteiger partial charge in [0.25, 0.3) is 0 Å². The smallest absolute Gasteiger partial charge is 0.323 e. The Morgan fingerprint density at radius 3 is 2.90 bits per heavy atom. The van der Waals surface area contributed by atoms with E-state index in [9.17, 15) is 4.79 Å². The van der Waals surface area contributed by atoms with Crippen LogP contribution in [0.5, 0.6) is 0 Å². The second-order valence-corrected chi connectivity index (χ2v) is 2.28. The number of nitrogens with one attached hydrogen (secondary N) is 2. The third kappa shape index (κ3) is 1.27. The van der Waals surface area contributed by atoms with Crippen molar-refractivity contribution in [3.63, 3.8) is 0 Å². The molecule has 1 aromatic rings. The lowest BCUT2D eigenvalue weighted by Gasteiger charge is -2.01. The zero-order chi connectivity index (χ0) is 7.56. The Morgan fingerprint density at radius 1 is 1.80 bits per heavy atom. The Kier molecular flexibility index (Phi) is 1.91. The standard InChI is InChI=1S/C6H10N2O2/c1-4(3-9)5-2-7-6(10)8-5/h2,4,9H,3H2,1H3,(H2,7,8,10). The van der Waals surface area contributed by atoms with Crippen LogP contribution in [0.1, 0.15) is 18.5 Å². The van der Waals surface area contributed by atoms with Crippen molar-refractivity contribution in [3.05, 3.63) is 22.4 Å².